The molecule has 0 aliphatic carbocycles. The van der Waals surface area contributed by atoms with Crippen molar-refractivity contribution in [1.29, 1.82) is 0 Å². The van der Waals surface area contributed by atoms with E-state index in [2.05, 4.69) is 65.3 Å². The highest BCUT2D eigenvalue weighted by atomic mass is 16.7. The van der Waals surface area contributed by atoms with Crippen LogP contribution in [0.3, 0.4) is 0 Å². The lowest BCUT2D eigenvalue weighted by Crippen LogP contribution is -2.63. The van der Waals surface area contributed by atoms with Crippen molar-refractivity contribution < 1.29 is 19.4 Å². The molecule has 164 valence electrons. The highest BCUT2D eigenvalue weighted by Gasteiger charge is 2.48. The van der Waals surface area contributed by atoms with Crippen molar-refractivity contribution in [2.75, 3.05) is 13.6 Å². The summed E-state index contributed by atoms with van der Waals surface area (Å²) in [5.41, 5.74) is -1.35. The van der Waals surface area contributed by atoms with E-state index in [4.69, 9.17) is 9.47 Å². The fourth-order valence-electron chi connectivity index (χ4n) is 5.45. The molecule has 0 aromatic carbocycles. The quantitative estimate of drug-likeness (QED) is 0.718. The standard InChI is InChI=1S/C22H42N2O4/c1-10-11-24-21(6,7)14-17(15-22(24,8)26)28-18(25)27-16-12-19(2,3)23(9)20(4,5)13-16/h16-17,26H,10-15H2,1-9H3. The Labute approximate surface area is 171 Å². The predicted molar refractivity (Wildman–Crippen MR) is 111 cm³/mol. The lowest BCUT2D eigenvalue weighted by atomic mass is 9.79. The van der Waals surface area contributed by atoms with E-state index in [1.54, 1.807) is 0 Å². The first-order valence-electron chi connectivity index (χ1n) is 10.7. The summed E-state index contributed by atoms with van der Waals surface area (Å²) < 4.78 is 11.4. The molecular formula is C22H42N2O4. The Morgan fingerprint density at radius 2 is 1.32 bits per heavy atom. The zero-order valence-corrected chi connectivity index (χ0v) is 19.5. The Kier molecular flexibility index (Phi) is 6.50. The number of carbonyl (C=O) groups is 1. The number of likely N-dealkylation sites (tertiary alicyclic amines) is 2. The first kappa shape index (κ1) is 23.4. The van der Waals surface area contributed by atoms with Gasteiger partial charge in [-0.1, -0.05) is 6.92 Å². The average molecular weight is 399 g/mol. The molecule has 0 radical (unpaired) electrons. The van der Waals surface area contributed by atoms with Crippen LogP contribution in [0, 0.1) is 0 Å². The first-order chi connectivity index (χ1) is 12.6. The number of rotatable bonds is 4. The number of ether oxygens (including phenoxy) is 2. The lowest BCUT2D eigenvalue weighted by molar-refractivity contribution is -0.198. The molecule has 2 fully saturated rings. The molecule has 1 N–H and O–H groups in total. The molecule has 2 aliphatic rings. The van der Waals surface area contributed by atoms with Crippen molar-refractivity contribution in [1.82, 2.24) is 9.80 Å². The van der Waals surface area contributed by atoms with Crippen LogP contribution in [0.15, 0.2) is 0 Å². The highest BCUT2D eigenvalue weighted by Crippen LogP contribution is 2.40. The normalized spacial score (nSPS) is 33.4. The third kappa shape index (κ3) is 5.00. The minimum Gasteiger partial charge on any atom is -0.431 e. The summed E-state index contributed by atoms with van der Waals surface area (Å²) in [7, 11) is 2.13. The summed E-state index contributed by atoms with van der Waals surface area (Å²) in [6.45, 7) is 17.6. The number of nitrogens with zero attached hydrogens (tertiary/aromatic N) is 2. The van der Waals surface area contributed by atoms with Crippen LogP contribution in [0.5, 0.6) is 0 Å². The molecule has 2 atom stereocenters. The second kappa shape index (κ2) is 7.77. The second-order valence-electron chi connectivity index (χ2n) is 10.9. The number of hydrogen-bond donors (Lipinski definition) is 1. The number of piperidine rings is 2. The minimum atomic E-state index is -1.000. The monoisotopic (exact) mass is 398 g/mol. The van der Waals surface area contributed by atoms with Crippen molar-refractivity contribution in [3.8, 4) is 0 Å². The zero-order valence-electron chi connectivity index (χ0n) is 19.5. The van der Waals surface area contributed by atoms with Crippen LogP contribution in [0.25, 0.3) is 0 Å². The van der Waals surface area contributed by atoms with Gasteiger partial charge in [0.05, 0.1) is 0 Å². The minimum absolute atomic E-state index is 0.0517. The molecule has 2 heterocycles. The van der Waals surface area contributed by atoms with Crippen LogP contribution in [0.1, 0.15) is 87.5 Å². The maximum Gasteiger partial charge on any atom is 0.508 e. The fourth-order valence-corrected chi connectivity index (χ4v) is 5.45. The van der Waals surface area contributed by atoms with E-state index < -0.39 is 11.9 Å². The first-order valence-corrected chi connectivity index (χ1v) is 10.7. The molecular weight excluding hydrogens is 356 g/mol. The molecule has 28 heavy (non-hydrogen) atoms. The van der Waals surface area contributed by atoms with Gasteiger partial charge in [0.15, 0.2) is 0 Å². The van der Waals surface area contributed by atoms with Gasteiger partial charge in [-0.2, -0.15) is 0 Å². The summed E-state index contributed by atoms with van der Waals surface area (Å²) in [5, 5.41) is 11.0. The largest absolute Gasteiger partial charge is 0.508 e. The third-order valence-corrected chi connectivity index (χ3v) is 6.90. The maximum absolute atomic E-state index is 12.6. The van der Waals surface area contributed by atoms with Crippen molar-refractivity contribution in [3.63, 3.8) is 0 Å². The van der Waals surface area contributed by atoms with Crippen LogP contribution in [0.2, 0.25) is 0 Å². The van der Waals surface area contributed by atoms with Gasteiger partial charge in [0.2, 0.25) is 0 Å². The SMILES string of the molecule is CCCN1C(C)(C)CC(OC(=O)OC2CC(C)(C)N(C)C(C)(C)C2)CC1(C)O. The van der Waals surface area contributed by atoms with E-state index in [1.165, 1.54) is 0 Å². The second-order valence-corrected chi connectivity index (χ2v) is 10.9. The molecule has 0 amide bonds. The smallest absolute Gasteiger partial charge is 0.431 e. The maximum atomic E-state index is 12.6. The van der Waals surface area contributed by atoms with E-state index in [-0.39, 0.29) is 28.8 Å². The van der Waals surface area contributed by atoms with Crippen molar-refractivity contribution in [2.24, 2.45) is 0 Å². The Balaban J connectivity index is 2.00. The van der Waals surface area contributed by atoms with Gasteiger partial charge < -0.3 is 14.6 Å². The molecule has 2 saturated heterocycles. The van der Waals surface area contributed by atoms with E-state index in [0.717, 1.165) is 25.8 Å². The zero-order chi connectivity index (χ0) is 21.5. The molecule has 2 rings (SSSR count). The van der Waals surface area contributed by atoms with Gasteiger partial charge in [-0.15, -0.1) is 0 Å². The van der Waals surface area contributed by atoms with Crippen LogP contribution in [-0.2, 0) is 9.47 Å². The van der Waals surface area contributed by atoms with Crippen molar-refractivity contribution >= 4 is 6.16 Å². The summed E-state index contributed by atoms with van der Waals surface area (Å²) in [6.07, 6.45) is 2.48. The molecule has 0 bridgehead atoms. The van der Waals surface area contributed by atoms with Crippen molar-refractivity contribution in [3.05, 3.63) is 0 Å². The van der Waals surface area contributed by atoms with Crippen LogP contribution >= 0.6 is 0 Å². The summed E-state index contributed by atoms with van der Waals surface area (Å²) in [6, 6.07) is 0. The molecule has 0 spiro atoms. The van der Waals surface area contributed by atoms with E-state index >= 15 is 0 Å². The van der Waals surface area contributed by atoms with Crippen LogP contribution in [0.4, 0.5) is 4.79 Å². The van der Waals surface area contributed by atoms with Gasteiger partial charge in [-0.05, 0) is 61.9 Å². The third-order valence-electron chi connectivity index (χ3n) is 6.90. The van der Waals surface area contributed by atoms with Gasteiger partial charge in [0.1, 0.15) is 17.9 Å². The van der Waals surface area contributed by atoms with E-state index in [1.807, 2.05) is 6.92 Å². The molecule has 6 nitrogen and oxygen atoms in total. The van der Waals surface area contributed by atoms with Crippen LogP contribution in [-0.4, -0.2) is 69.2 Å². The van der Waals surface area contributed by atoms with Crippen molar-refractivity contribution in [2.45, 2.75) is 122 Å². The summed E-state index contributed by atoms with van der Waals surface area (Å²) in [5.74, 6) is 0. The number of carbonyl (C=O) groups excluding carboxylic acids is 1. The molecule has 0 aromatic rings. The topological polar surface area (TPSA) is 62.2 Å². The Morgan fingerprint density at radius 3 is 1.75 bits per heavy atom. The Morgan fingerprint density at radius 1 is 0.893 bits per heavy atom. The molecule has 0 saturated carbocycles. The van der Waals surface area contributed by atoms with E-state index in [0.29, 0.717) is 12.8 Å². The lowest BCUT2D eigenvalue weighted by Gasteiger charge is -2.54. The number of hydrogen-bond acceptors (Lipinski definition) is 6. The molecule has 6 heteroatoms. The number of aliphatic hydroxyl groups is 1. The van der Waals surface area contributed by atoms with Crippen LogP contribution < -0.4 is 0 Å². The van der Waals surface area contributed by atoms with Gasteiger partial charge in [-0.25, -0.2) is 4.79 Å². The Bertz CT molecular complexity index is 535. The van der Waals surface area contributed by atoms with Gasteiger partial charge in [0.25, 0.3) is 0 Å². The highest BCUT2D eigenvalue weighted by molar-refractivity contribution is 5.60. The average Bonchev–Trinajstić information content (AvgIpc) is 2.46. The van der Waals surface area contributed by atoms with Gasteiger partial charge in [-0.3, -0.25) is 9.80 Å². The summed E-state index contributed by atoms with van der Waals surface area (Å²) in [4.78, 5) is 17.0. The van der Waals surface area contributed by atoms with Gasteiger partial charge in [0, 0.05) is 48.8 Å². The fraction of sp³-hybridized carbons (Fsp3) is 0.955. The van der Waals surface area contributed by atoms with E-state index in [9.17, 15) is 9.90 Å². The predicted octanol–water partition coefficient (Wildman–Crippen LogP) is 4.15. The van der Waals surface area contributed by atoms with Gasteiger partial charge >= 0.3 is 6.16 Å². The molecule has 0 aromatic heterocycles. The summed E-state index contributed by atoms with van der Waals surface area (Å²) >= 11 is 0. The molecule has 2 aliphatic heterocycles. The Hall–Kier alpha value is -0.850. The molecule has 2 unspecified atom stereocenters.